The van der Waals surface area contributed by atoms with Crippen LogP contribution in [0.25, 0.3) is 0 Å². The first kappa shape index (κ1) is 17.3. The number of para-hydroxylation sites is 2. The van der Waals surface area contributed by atoms with E-state index in [1.165, 1.54) is 6.42 Å². The van der Waals surface area contributed by atoms with E-state index >= 15 is 0 Å². The number of hydrogen-bond acceptors (Lipinski definition) is 4. The molecule has 0 saturated carbocycles. The van der Waals surface area contributed by atoms with E-state index in [1.54, 1.807) is 7.11 Å². The Morgan fingerprint density at radius 2 is 1.92 bits per heavy atom. The molecule has 5 heteroatoms. The minimum atomic E-state index is 0.0605. The van der Waals surface area contributed by atoms with Crippen molar-refractivity contribution in [3.8, 4) is 17.2 Å². The monoisotopic (exact) mass is 340 g/mol. The van der Waals surface area contributed by atoms with Gasteiger partial charge in [-0.15, -0.1) is 0 Å². The van der Waals surface area contributed by atoms with Crippen LogP contribution in [0.4, 0.5) is 5.69 Å². The molecule has 132 valence electrons. The second-order valence-corrected chi connectivity index (χ2v) is 6.22. The quantitative estimate of drug-likeness (QED) is 0.804. The van der Waals surface area contributed by atoms with Gasteiger partial charge >= 0.3 is 0 Å². The number of carbonyl (C=O) groups is 1. The van der Waals surface area contributed by atoms with Crippen molar-refractivity contribution in [2.24, 2.45) is 5.92 Å². The molecule has 1 saturated heterocycles. The van der Waals surface area contributed by atoms with Crippen molar-refractivity contribution in [2.75, 3.05) is 25.5 Å². The summed E-state index contributed by atoms with van der Waals surface area (Å²) >= 11 is 0. The number of amides is 1. The molecule has 2 aromatic carbocycles. The SMILES string of the molecule is COc1ccccc1Oc1ccc(NC(=O)CCC2CCNC2)cc1. The van der Waals surface area contributed by atoms with Crippen molar-refractivity contribution in [1.82, 2.24) is 5.32 Å². The summed E-state index contributed by atoms with van der Waals surface area (Å²) in [5.74, 6) is 2.72. The van der Waals surface area contributed by atoms with Crippen LogP contribution in [0.3, 0.4) is 0 Å². The topological polar surface area (TPSA) is 59.6 Å². The first-order chi connectivity index (χ1) is 12.2. The minimum absolute atomic E-state index is 0.0605. The maximum Gasteiger partial charge on any atom is 0.224 e. The summed E-state index contributed by atoms with van der Waals surface area (Å²) in [5, 5.41) is 6.27. The van der Waals surface area contributed by atoms with Gasteiger partial charge < -0.3 is 20.1 Å². The highest BCUT2D eigenvalue weighted by Crippen LogP contribution is 2.31. The summed E-state index contributed by atoms with van der Waals surface area (Å²) < 4.78 is 11.1. The molecule has 2 N–H and O–H groups in total. The molecule has 3 rings (SSSR count). The minimum Gasteiger partial charge on any atom is -0.493 e. The Bertz CT molecular complexity index is 694. The largest absolute Gasteiger partial charge is 0.493 e. The van der Waals surface area contributed by atoms with Gasteiger partial charge in [-0.1, -0.05) is 12.1 Å². The maximum absolute atomic E-state index is 12.0. The molecule has 25 heavy (non-hydrogen) atoms. The highest BCUT2D eigenvalue weighted by molar-refractivity contribution is 5.90. The van der Waals surface area contributed by atoms with Gasteiger partial charge in [0.05, 0.1) is 7.11 Å². The van der Waals surface area contributed by atoms with Crippen LogP contribution >= 0.6 is 0 Å². The Morgan fingerprint density at radius 1 is 1.16 bits per heavy atom. The van der Waals surface area contributed by atoms with Crippen LogP contribution in [0.1, 0.15) is 19.3 Å². The number of ether oxygens (including phenoxy) is 2. The predicted molar refractivity (Wildman–Crippen MR) is 98.4 cm³/mol. The molecule has 0 aliphatic carbocycles. The second kappa shape index (κ2) is 8.53. The molecule has 1 aliphatic rings. The van der Waals surface area contributed by atoms with Crippen molar-refractivity contribution in [3.05, 3.63) is 48.5 Å². The standard InChI is InChI=1S/C20H24N2O3/c1-24-18-4-2-3-5-19(18)25-17-9-7-16(8-10-17)22-20(23)11-6-15-12-13-21-14-15/h2-5,7-10,15,21H,6,11-14H2,1H3,(H,22,23). The molecule has 1 heterocycles. The highest BCUT2D eigenvalue weighted by atomic mass is 16.5. The zero-order chi connectivity index (χ0) is 17.5. The van der Waals surface area contributed by atoms with Gasteiger partial charge in [0.15, 0.2) is 11.5 Å². The van der Waals surface area contributed by atoms with Crippen molar-refractivity contribution >= 4 is 11.6 Å². The van der Waals surface area contributed by atoms with Crippen LogP contribution in [-0.2, 0) is 4.79 Å². The Morgan fingerprint density at radius 3 is 2.60 bits per heavy atom. The lowest BCUT2D eigenvalue weighted by atomic mass is 10.0. The van der Waals surface area contributed by atoms with Gasteiger partial charge in [0.25, 0.3) is 0 Å². The summed E-state index contributed by atoms with van der Waals surface area (Å²) in [7, 11) is 1.61. The molecule has 0 bridgehead atoms. The zero-order valence-corrected chi connectivity index (χ0v) is 14.5. The van der Waals surface area contributed by atoms with Crippen molar-refractivity contribution < 1.29 is 14.3 Å². The fraction of sp³-hybridized carbons (Fsp3) is 0.350. The van der Waals surface area contributed by atoms with Crippen LogP contribution in [0.2, 0.25) is 0 Å². The smallest absolute Gasteiger partial charge is 0.224 e. The highest BCUT2D eigenvalue weighted by Gasteiger charge is 2.15. The number of hydrogen-bond donors (Lipinski definition) is 2. The van der Waals surface area contributed by atoms with Crippen LogP contribution < -0.4 is 20.1 Å². The van der Waals surface area contributed by atoms with E-state index < -0.39 is 0 Å². The van der Waals surface area contributed by atoms with E-state index in [4.69, 9.17) is 9.47 Å². The lowest BCUT2D eigenvalue weighted by Gasteiger charge is -2.11. The predicted octanol–water partition coefficient (Wildman–Crippen LogP) is 3.82. The van der Waals surface area contributed by atoms with Crippen LogP contribution in [0, 0.1) is 5.92 Å². The van der Waals surface area contributed by atoms with E-state index in [1.807, 2.05) is 48.5 Å². The fourth-order valence-corrected chi connectivity index (χ4v) is 2.96. The number of carbonyl (C=O) groups excluding carboxylic acids is 1. The fourth-order valence-electron chi connectivity index (χ4n) is 2.96. The van der Waals surface area contributed by atoms with E-state index in [0.29, 0.717) is 29.6 Å². The number of nitrogens with one attached hydrogen (secondary N) is 2. The number of methoxy groups -OCH3 is 1. The Labute approximate surface area is 148 Å². The number of benzene rings is 2. The summed E-state index contributed by atoms with van der Waals surface area (Å²) in [6.45, 7) is 2.10. The van der Waals surface area contributed by atoms with Crippen molar-refractivity contribution in [3.63, 3.8) is 0 Å². The van der Waals surface area contributed by atoms with Gasteiger partial charge in [0, 0.05) is 12.1 Å². The Kier molecular flexibility index (Phi) is 5.90. The van der Waals surface area contributed by atoms with Gasteiger partial charge in [-0.05, 0) is 68.2 Å². The van der Waals surface area contributed by atoms with E-state index in [-0.39, 0.29) is 5.91 Å². The lowest BCUT2D eigenvalue weighted by molar-refractivity contribution is -0.116. The Hall–Kier alpha value is -2.53. The van der Waals surface area contributed by atoms with E-state index in [0.717, 1.165) is 25.2 Å². The third kappa shape index (κ3) is 4.97. The molecular formula is C20H24N2O3. The van der Waals surface area contributed by atoms with E-state index in [2.05, 4.69) is 10.6 Å². The lowest BCUT2D eigenvalue weighted by Crippen LogP contribution is -2.14. The molecular weight excluding hydrogens is 316 g/mol. The molecule has 1 aliphatic heterocycles. The van der Waals surface area contributed by atoms with Crippen LogP contribution in [0.15, 0.2) is 48.5 Å². The number of rotatable bonds is 7. The molecule has 1 unspecified atom stereocenters. The molecule has 5 nitrogen and oxygen atoms in total. The van der Waals surface area contributed by atoms with Gasteiger partial charge in [-0.25, -0.2) is 0 Å². The van der Waals surface area contributed by atoms with Gasteiger partial charge in [0.1, 0.15) is 5.75 Å². The Balaban J connectivity index is 1.52. The van der Waals surface area contributed by atoms with E-state index in [9.17, 15) is 4.79 Å². The van der Waals surface area contributed by atoms with Crippen LogP contribution in [0.5, 0.6) is 17.2 Å². The molecule has 1 amide bonds. The first-order valence-corrected chi connectivity index (χ1v) is 8.66. The normalized spacial score (nSPS) is 16.4. The van der Waals surface area contributed by atoms with Crippen molar-refractivity contribution in [2.45, 2.75) is 19.3 Å². The summed E-state index contributed by atoms with van der Waals surface area (Å²) in [6.07, 6.45) is 2.67. The summed E-state index contributed by atoms with van der Waals surface area (Å²) in [4.78, 5) is 12.0. The average molecular weight is 340 g/mol. The molecule has 0 radical (unpaired) electrons. The maximum atomic E-state index is 12.0. The van der Waals surface area contributed by atoms with Gasteiger partial charge in [-0.2, -0.15) is 0 Å². The van der Waals surface area contributed by atoms with Gasteiger partial charge in [-0.3, -0.25) is 4.79 Å². The molecule has 0 spiro atoms. The number of anilines is 1. The summed E-state index contributed by atoms with van der Waals surface area (Å²) in [6, 6.07) is 14.9. The first-order valence-electron chi connectivity index (χ1n) is 8.66. The molecule has 1 fully saturated rings. The second-order valence-electron chi connectivity index (χ2n) is 6.22. The van der Waals surface area contributed by atoms with Crippen LogP contribution in [-0.4, -0.2) is 26.1 Å². The third-order valence-corrected chi connectivity index (χ3v) is 4.38. The summed E-state index contributed by atoms with van der Waals surface area (Å²) in [5.41, 5.74) is 0.780. The molecule has 1 atom stereocenters. The average Bonchev–Trinajstić information content (AvgIpc) is 3.16. The molecule has 0 aromatic heterocycles. The van der Waals surface area contributed by atoms with Gasteiger partial charge in [0.2, 0.25) is 5.91 Å². The zero-order valence-electron chi connectivity index (χ0n) is 14.5. The van der Waals surface area contributed by atoms with Crippen molar-refractivity contribution in [1.29, 1.82) is 0 Å². The molecule has 2 aromatic rings. The third-order valence-electron chi connectivity index (χ3n) is 4.38.